The number of ether oxygens (including phenoxy) is 1. The van der Waals surface area contributed by atoms with Crippen LogP contribution in [0.3, 0.4) is 0 Å². The summed E-state index contributed by atoms with van der Waals surface area (Å²) < 4.78 is 6.03. The van der Waals surface area contributed by atoms with Crippen molar-refractivity contribution in [2.75, 3.05) is 0 Å². The van der Waals surface area contributed by atoms with Crippen molar-refractivity contribution in [1.82, 2.24) is 0 Å². The first-order chi connectivity index (χ1) is 9.08. The van der Waals surface area contributed by atoms with E-state index in [1.54, 1.807) is 0 Å². The number of benzene rings is 1. The molecule has 1 aliphatic carbocycles. The fourth-order valence-electron chi connectivity index (χ4n) is 2.51. The van der Waals surface area contributed by atoms with Gasteiger partial charge in [-0.25, -0.2) is 0 Å². The fraction of sp³-hybridized carbons (Fsp3) is 0.471. The standard InChI is InChI=1S/C17H22O2/c1-12(2)15-10-16(18)13(3)9-17(15)19-11-14-7-5-4-6-8-14/h4-9,12,15,17H,10-11H2,1-3H3/t15-,17-/m1/s1. The van der Waals surface area contributed by atoms with Gasteiger partial charge in [0.05, 0.1) is 12.7 Å². The molecule has 2 heteroatoms. The van der Waals surface area contributed by atoms with Gasteiger partial charge in [0.25, 0.3) is 0 Å². The molecule has 0 spiro atoms. The number of hydrogen-bond donors (Lipinski definition) is 0. The van der Waals surface area contributed by atoms with Gasteiger partial charge < -0.3 is 4.74 Å². The van der Waals surface area contributed by atoms with Crippen molar-refractivity contribution in [3.8, 4) is 0 Å². The summed E-state index contributed by atoms with van der Waals surface area (Å²) in [4.78, 5) is 11.8. The van der Waals surface area contributed by atoms with Gasteiger partial charge >= 0.3 is 0 Å². The van der Waals surface area contributed by atoms with E-state index in [2.05, 4.69) is 26.0 Å². The predicted molar refractivity (Wildman–Crippen MR) is 76.7 cm³/mol. The molecule has 2 rings (SSSR count). The third-order valence-electron chi connectivity index (χ3n) is 3.84. The van der Waals surface area contributed by atoms with Crippen molar-refractivity contribution < 1.29 is 9.53 Å². The topological polar surface area (TPSA) is 26.3 Å². The van der Waals surface area contributed by atoms with Crippen LogP contribution < -0.4 is 0 Å². The van der Waals surface area contributed by atoms with Crippen molar-refractivity contribution in [2.24, 2.45) is 11.8 Å². The highest BCUT2D eigenvalue weighted by molar-refractivity contribution is 5.95. The summed E-state index contributed by atoms with van der Waals surface area (Å²) >= 11 is 0. The summed E-state index contributed by atoms with van der Waals surface area (Å²) in [6.45, 7) is 6.81. The molecule has 0 saturated heterocycles. The van der Waals surface area contributed by atoms with Crippen LogP contribution in [0.1, 0.15) is 32.8 Å². The molecular formula is C17H22O2. The molecule has 0 bridgehead atoms. The lowest BCUT2D eigenvalue weighted by molar-refractivity contribution is -0.119. The number of Topliss-reactive ketones (excluding diaryl/α,β-unsaturated/α-hetero) is 1. The summed E-state index contributed by atoms with van der Waals surface area (Å²) in [7, 11) is 0. The number of hydrogen-bond acceptors (Lipinski definition) is 2. The van der Waals surface area contributed by atoms with Crippen molar-refractivity contribution in [3.63, 3.8) is 0 Å². The average molecular weight is 258 g/mol. The van der Waals surface area contributed by atoms with E-state index in [4.69, 9.17) is 4.74 Å². The Hall–Kier alpha value is -1.41. The van der Waals surface area contributed by atoms with E-state index >= 15 is 0 Å². The van der Waals surface area contributed by atoms with Crippen LogP contribution in [0, 0.1) is 11.8 Å². The Balaban J connectivity index is 2.06. The Labute approximate surface area is 115 Å². The molecule has 1 aromatic rings. The van der Waals surface area contributed by atoms with Crippen LogP contribution in [-0.2, 0) is 16.1 Å². The molecule has 0 aliphatic heterocycles. The molecule has 0 heterocycles. The molecular weight excluding hydrogens is 236 g/mol. The zero-order valence-corrected chi connectivity index (χ0v) is 11.9. The molecule has 0 radical (unpaired) electrons. The molecule has 102 valence electrons. The molecule has 1 aromatic carbocycles. The van der Waals surface area contributed by atoms with E-state index in [0.717, 1.165) is 5.57 Å². The lowest BCUT2D eigenvalue weighted by Crippen LogP contribution is -2.33. The highest BCUT2D eigenvalue weighted by Crippen LogP contribution is 2.30. The van der Waals surface area contributed by atoms with Crippen LogP contribution in [0.4, 0.5) is 0 Å². The summed E-state index contributed by atoms with van der Waals surface area (Å²) in [5, 5.41) is 0. The smallest absolute Gasteiger partial charge is 0.158 e. The van der Waals surface area contributed by atoms with Gasteiger partial charge in [-0.3, -0.25) is 4.79 Å². The van der Waals surface area contributed by atoms with Gasteiger partial charge in [-0.2, -0.15) is 0 Å². The third-order valence-corrected chi connectivity index (χ3v) is 3.84. The van der Waals surface area contributed by atoms with E-state index in [1.165, 1.54) is 5.56 Å². The van der Waals surface area contributed by atoms with Gasteiger partial charge in [-0.05, 0) is 36.0 Å². The van der Waals surface area contributed by atoms with Crippen LogP contribution in [0.2, 0.25) is 0 Å². The largest absolute Gasteiger partial charge is 0.369 e. The Kier molecular flexibility index (Phi) is 4.54. The average Bonchev–Trinajstić information content (AvgIpc) is 2.40. The first kappa shape index (κ1) is 14.0. The Morgan fingerprint density at radius 1 is 1.26 bits per heavy atom. The second-order valence-electron chi connectivity index (χ2n) is 5.65. The minimum atomic E-state index is 0.0536. The van der Waals surface area contributed by atoms with Gasteiger partial charge in [0.1, 0.15) is 0 Å². The monoisotopic (exact) mass is 258 g/mol. The Morgan fingerprint density at radius 2 is 1.95 bits per heavy atom. The molecule has 0 amide bonds. The molecule has 0 unspecified atom stereocenters. The number of carbonyl (C=O) groups is 1. The minimum Gasteiger partial charge on any atom is -0.369 e. The van der Waals surface area contributed by atoms with E-state index in [9.17, 15) is 4.79 Å². The molecule has 19 heavy (non-hydrogen) atoms. The molecule has 2 atom stereocenters. The second kappa shape index (κ2) is 6.16. The highest BCUT2D eigenvalue weighted by Gasteiger charge is 2.31. The van der Waals surface area contributed by atoms with E-state index in [1.807, 2.05) is 31.2 Å². The van der Waals surface area contributed by atoms with Crippen LogP contribution in [0.5, 0.6) is 0 Å². The second-order valence-corrected chi connectivity index (χ2v) is 5.65. The molecule has 1 aliphatic rings. The first-order valence-electron chi connectivity index (χ1n) is 6.95. The molecule has 2 nitrogen and oxygen atoms in total. The van der Waals surface area contributed by atoms with Crippen LogP contribution >= 0.6 is 0 Å². The van der Waals surface area contributed by atoms with E-state index < -0.39 is 0 Å². The maximum atomic E-state index is 11.8. The first-order valence-corrected chi connectivity index (χ1v) is 6.95. The summed E-state index contributed by atoms with van der Waals surface area (Å²) in [6, 6.07) is 10.2. The molecule has 0 aromatic heterocycles. The molecule has 0 N–H and O–H groups in total. The normalized spacial score (nSPS) is 23.6. The molecule has 0 saturated carbocycles. The van der Waals surface area contributed by atoms with E-state index in [-0.39, 0.29) is 11.9 Å². The Bertz CT molecular complexity index is 459. The Morgan fingerprint density at radius 3 is 2.58 bits per heavy atom. The van der Waals surface area contributed by atoms with Crippen molar-refractivity contribution in [1.29, 1.82) is 0 Å². The van der Waals surface area contributed by atoms with E-state index in [0.29, 0.717) is 24.9 Å². The minimum absolute atomic E-state index is 0.0536. The van der Waals surface area contributed by atoms with Crippen molar-refractivity contribution in [2.45, 2.75) is 39.9 Å². The quantitative estimate of drug-likeness (QED) is 0.822. The van der Waals surface area contributed by atoms with Crippen LogP contribution in [0.25, 0.3) is 0 Å². The lowest BCUT2D eigenvalue weighted by Gasteiger charge is -2.31. The van der Waals surface area contributed by atoms with Crippen LogP contribution in [0.15, 0.2) is 42.0 Å². The van der Waals surface area contributed by atoms with Gasteiger partial charge in [0.15, 0.2) is 5.78 Å². The summed E-state index contributed by atoms with van der Waals surface area (Å²) in [5.41, 5.74) is 2.02. The SMILES string of the molecule is CC1=C[C@@H](OCc2ccccc2)[C@@H](C(C)C)CC1=O. The van der Waals surface area contributed by atoms with Crippen molar-refractivity contribution >= 4 is 5.78 Å². The van der Waals surface area contributed by atoms with Gasteiger partial charge in [0, 0.05) is 6.42 Å². The summed E-state index contributed by atoms with van der Waals surface area (Å²) in [5.74, 6) is 1.01. The maximum Gasteiger partial charge on any atom is 0.158 e. The zero-order valence-electron chi connectivity index (χ0n) is 11.9. The van der Waals surface area contributed by atoms with Crippen molar-refractivity contribution in [3.05, 3.63) is 47.5 Å². The van der Waals surface area contributed by atoms with Gasteiger partial charge in [-0.1, -0.05) is 44.2 Å². The maximum absolute atomic E-state index is 11.8. The number of ketones is 1. The zero-order chi connectivity index (χ0) is 13.8. The lowest BCUT2D eigenvalue weighted by atomic mass is 9.80. The molecule has 0 fully saturated rings. The number of rotatable bonds is 4. The number of allylic oxidation sites excluding steroid dienone is 1. The predicted octanol–water partition coefficient (Wildman–Crippen LogP) is 3.76. The highest BCUT2D eigenvalue weighted by atomic mass is 16.5. The summed E-state index contributed by atoms with van der Waals surface area (Å²) in [6.07, 6.45) is 2.66. The van der Waals surface area contributed by atoms with Crippen LogP contribution in [-0.4, -0.2) is 11.9 Å². The van der Waals surface area contributed by atoms with Gasteiger partial charge in [0.2, 0.25) is 0 Å². The fourth-order valence-corrected chi connectivity index (χ4v) is 2.51. The third kappa shape index (κ3) is 3.54. The number of carbonyl (C=O) groups excluding carboxylic acids is 1. The van der Waals surface area contributed by atoms with Gasteiger partial charge in [-0.15, -0.1) is 0 Å².